The minimum atomic E-state index is -4.52. The minimum absolute atomic E-state index is 0.0931. The van der Waals surface area contributed by atoms with Crippen molar-refractivity contribution in [3.05, 3.63) is 65.2 Å². The summed E-state index contributed by atoms with van der Waals surface area (Å²) in [5.74, 6) is -0.0542. The van der Waals surface area contributed by atoms with E-state index in [1.807, 2.05) is 32.0 Å². The third-order valence-electron chi connectivity index (χ3n) is 5.03. The summed E-state index contributed by atoms with van der Waals surface area (Å²) in [5.41, 5.74) is 2.24. The van der Waals surface area contributed by atoms with Crippen molar-refractivity contribution in [1.82, 2.24) is 9.78 Å². The number of aromatic nitrogens is 2. The Morgan fingerprint density at radius 3 is 2.59 bits per heavy atom. The van der Waals surface area contributed by atoms with Crippen LogP contribution in [-0.2, 0) is 0 Å². The summed E-state index contributed by atoms with van der Waals surface area (Å²) in [7, 11) is 0. The molecule has 2 atom stereocenters. The number of nitrogens with one attached hydrogen (secondary N) is 2. The molecule has 3 aromatic rings. The first-order valence-corrected chi connectivity index (χ1v) is 9.08. The molecule has 9 heteroatoms. The Balaban J connectivity index is 1.66. The van der Waals surface area contributed by atoms with E-state index in [4.69, 9.17) is 4.42 Å². The highest BCUT2D eigenvalue weighted by Crippen LogP contribution is 2.43. The number of para-hydroxylation sites is 1. The van der Waals surface area contributed by atoms with Crippen molar-refractivity contribution in [2.45, 2.75) is 38.5 Å². The van der Waals surface area contributed by atoms with Gasteiger partial charge in [0.15, 0.2) is 11.7 Å². The average molecular weight is 404 g/mol. The second-order valence-corrected chi connectivity index (χ2v) is 7.09. The lowest BCUT2D eigenvalue weighted by atomic mass is 10.0. The van der Waals surface area contributed by atoms with Gasteiger partial charge in [-0.1, -0.05) is 18.2 Å². The predicted molar refractivity (Wildman–Crippen MR) is 101 cm³/mol. The molecular formula is C20H19F3N4O2. The van der Waals surface area contributed by atoms with E-state index in [-0.39, 0.29) is 17.9 Å². The summed E-state index contributed by atoms with van der Waals surface area (Å²) >= 11 is 0. The number of benzene rings is 1. The molecule has 0 bridgehead atoms. The van der Waals surface area contributed by atoms with Gasteiger partial charge in [0.2, 0.25) is 0 Å². The molecule has 1 aliphatic rings. The molecular weight excluding hydrogens is 385 g/mol. The molecule has 6 nitrogen and oxygen atoms in total. The zero-order valence-electron chi connectivity index (χ0n) is 15.7. The number of hydrogen-bond donors (Lipinski definition) is 2. The van der Waals surface area contributed by atoms with Crippen LogP contribution in [0.2, 0.25) is 0 Å². The largest absolute Gasteiger partial charge is 0.467 e. The van der Waals surface area contributed by atoms with Crippen molar-refractivity contribution in [2.75, 3.05) is 10.6 Å². The molecule has 0 aliphatic carbocycles. The highest BCUT2D eigenvalue weighted by Gasteiger charge is 2.47. The third kappa shape index (κ3) is 3.59. The van der Waals surface area contributed by atoms with Crippen LogP contribution in [0.15, 0.2) is 47.1 Å². The molecule has 1 amide bonds. The van der Waals surface area contributed by atoms with Crippen LogP contribution in [0.4, 0.5) is 24.7 Å². The highest BCUT2D eigenvalue weighted by molar-refractivity contribution is 6.04. The Bertz CT molecular complexity index is 1020. The topological polar surface area (TPSA) is 72.1 Å². The minimum Gasteiger partial charge on any atom is -0.467 e. The van der Waals surface area contributed by atoms with Crippen molar-refractivity contribution in [3.63, 3.8) is 0 Å². The lowest BCUT2D eigenvalue weighted by Gasteiger charge is -2.32. The molecule has 0 saturated carbocycles. The maximum absolute atomic E-state index is 13.7. The summed E-state index contributed by atoms with van der Waals surface area (Å²) in [6.07, 6.45) is -3.40. The maximum Gasteiger partial charge on any atom is 0.410 e. The smallest absolute Gasteiger partial charge is 0.410 e. The van der Waals surface area contributed by atoms with Gasteiger partial charge in [0, 0.05) is 18.2 Å². The van der Waals surface area contributed by atoms with Gasteiger partial charge in [-0.25, -0.2) is 4.68 Å². The first kappa shape index (κ1) is 19.1. The van der Waals surface area contributed by atoms with Gasteiger partial charge in [-0.2, -0.15) is 18.3 Å². The van der Waals surface area contributed by atoms with Crippen LogP contribution in [-0.4, -0.2) is 21.9 Å². The van der Waals surface area contributed by atoms with Crippen molar-refractivity contribution in [2.24, 2.45) is 0 Å². The van der Waals surface area contributed by atoms with E-state index in [0.717, 1.165) is 15.8 Å². The molecule has 0 spiro atoms. The number of anilines is 2. The molecule has 1 aromatic carbocycles. The molecule has 152 valence electrons. The van der Waals surface area contributed by atoms with E-state index in [1.165, 1.54) is 12.3 Å². The molecule has 0 radical (unpaired) electrons. The number of hydrogen-bond acceptors (Lipinski definition) is 4. The van der Waals surface area contributed by atoms with Gasteiger partial charge in [0.05, 0.1) is 12.3 Å². The van der Waals surface area contributed by atoms with Crippen LogP contribution in [0.25, 0.3) is 0 Å². The second-order valence-electron chi connectivity index (χ2n) is 7.09. The van der Waals surface area contributed by atoms with Gasteiger partial charge >= 0.3 is 6.18 Å². The summed E-state index contributed by atoms with van der Waals surface area (Å²) in [6.45, 7) is 3.69. The molecule has 0 unspecified atom stereocenters. The summed E-state index contributed by atoms with van der Waals surface area (Å²) in [5, 5.41) is 9.71. The average Bonchev–Trinajstić information content (AvgIpc) is 3.32. The zero-order chi connectivity index (χ0) is 20.8. The monoisotopic (exact) mass is 404 g/mol. The fourth-order valence-electron chi connectivity index (χ4n) is 3.55. The number of carbonyl (C=O) groups is 1. The molecule has 1 aliphatic heterocycles. The van der Waals surface area contributed by atoms with Crippen molar-refractivity contribution in [1.29, 1.82) is 0 Å². The number of carbonyl (C=O) groups excluding carboxylic acids is 1. The van der Waals surface area contributed by atoms with Crippen LogP contribution in [0, 0.1) is 13.8 Å². The van der Waals surface area contributed by atoms with E-state index in [0.29, 0.717) is 11.4 Å². The Hall–Kier alpha value is -3.23. The zero-order valence-corrected chi connectivity index (χ0v) is 15.7. The van der Waals surface area contributed by atoms with Crippen molar-refractivity contribution >= 4 is 17.4 Å². The van der Waals surface area contributed by atoms with E-state index in [2.05, 4.69) is 15.7 Å². The van der Waals surface area contributed by atoms with Crippen LogP contribution in [0.5, 0.6) is 0 Å². The Labute approximate surface area is 164 Å². The number of amides is 1. The van der Waals surface area contributed by atoms with E-state index >= 15 is 0 Å². The van der Waals surface area contributed by atoms with E-state index < -0.39 is 24.2 Å². The summed E-state index contributed by atoms with van der Waals surface area (Å²) in [6, 6.07) is 7.58. The van der Waals surface area contributed by atoms with Gasteiger partial charge in [0.1, 0.15) is 11.6 Å². The molecule has 2 N–H and O–H groups in total. The number of fused-ring (bicyclic) bond motifs is 1. The normalized spacial score (nSPS) is 18.8. The molecule has 0 fully saturated rings. The van der Waals surface area contributed by atoms with Crippen LogP contribution >= 0.6 is 0 Å². The highest BCUT2D eigenvalue weighted by atomic mass is 19.4. The summed E-state index contributed by atoms with van der Waals surface area (Å²) in [4.78, 5) is 12.7. The van der Waals surface area contributed by atoms with Gasteiger partial charge in [0.25, 0.3) is 5.91 Å². The van der Waals surface area contributed by atoms with Gasteiger partial charge in [-0.3, -0.25) is 4.79 Å². The molecule has 29 heavy (non-hydrogen) atoms. The maximum atomic E-state index is 13.7. The Morgan fingerprint density at radius 2 is 1.97 bits per heavy atom. The van der Waals surface area contributed by atoms with Crippen LogP contribution < -0.4 is 10.6 Å². The standard InChI is InChI=1S/C20H19F3N4O2/c1-11-5-3-6-12(2)18(11)25-19(28)14-10-17-24-13(15-7-4-8-29-15)9-16(20(21,22)23)27(17)26-14/h3-8,10,13,16,24H,9H2,1-2H3,(H,25,28)/t13-,16-/m0/s1. The number of furan rings is 1. The SMILES string of the molecule is Cc1cccc(C)c1NC(=O)c1cc2n(n1)[C@H](C(F)(F)F)C[C@@H](c1ccco1)N2. The van der Waals surface area contributed by atoms with E-state index in [9.17, 15) is 18.0 Å². The Kier molecular flexibility index (Phi) is 4.60. The predicted octanol–water partition coefficient (Wildman–Crippen LogP) is 5.01. The first-order valence-electron chi connectivity index (χ1n) is 9.08. The van der Waals surface area contributed by atoms with Gasteiger partial charge in [-0.05, 0) is 37.1 Å². The molecule has 0 saturated heterocycles. The fourth-order valence-corrected chi connectivity index (χ4v) is 3.55. The van der Waals surface area contributed by atoms with Gasteiger partial charge < -0.3 is 15.1 Å². The quantitative estimate of drug-likeness (QED) is 0.644. The second kappa shape index (κ2) is 6.98. The van der Waals surface area contributed by atoms with Crippen LogP contribution in [0.1, 0.15) is 45.9 Å². The number of rotatable bonds is 3. The fraction of sp³-hybridized carbons (Fsp3) is 0.300. The molecule has 3 heterocycles. The van der Waals surface area contributed by atoms with Crippen molar-refractivity contribution < 1.29 is 22.4 Å². The number of aryl methyl sites for hydroxylation is 2. The lowest BCUT2D eigenvalue weighted by molar-refractivity contribution is -0.174. The van der Waals surface area contributed by atoms with E-state index in [1.54, 1.807) is 12.1 Å². The number of nitrogens with zero attached hydrogens (tertiary/aromatic N) is 2. The van der Waals surface area contributed by atoms with Gasteiger partial charge in [-0.15, -0.1) is 0 Å². The Morgan fingerprint density at radius 1 is 1.24 bits per heavy atom. The molecule has 2 aromatic heterocycles. The molecule has 4 rings (SSSR count). The lowest BCUT2D eigenvalue weighted by Crippen LogP contribution is -2.35. The van der Waals surface area contributed by atoms with Crippen molar-refractivity contribution in [3.8, 4) is 0 Å². The first-order chi connectivity index (χ1) is 13.7. The van der Waals surface area contributed by atoms with Crippen LogP contribution in [0.3, 0.4) is 0 Å². The third-order valence-corrected chi connectivity index (χ3v) is 5.03. The summed E-state index contributed by atoms with van der Waals surface area (Å²) < 4.78 is 47.1. The number of alkyl halides is 3. The number of halogens is 3.